The van der Waals surface area contributed by atoms with Crippen molar-refractivity contribution in [1.82, 2.24) is 4.98 Å². The number of nitrogens with one attached hydrogen (secondary N) is 1. The van der Waals surface area contributed by atoms with Gasteiger partial charge in [0.15, 0.2) is 0 Å². The fraction of sp³-hybridized carbons (Fsp3) is 0.200. The number of amides is 1. The minimum atomic E-state index is -0.247. The van der Waals surface area contributed by atoms with Crippen LogP contribution in [0.1, 0.15) is 5.56 Å². The van der Waals surface area contributed by atoms with Gasteiger partial charge in [0.1, 0.15) is 5.82 Å². The number of hydrogen-bond donors (Lipinski definition) is 2. The summed E-state index contributed by atoms with van der Waals surface area (Å²) in [4.78, 5) is 17.4. The van der Waals surface area contributed by atoms with Gasteiger partial charge in [0.25, 0.3) is 0 Å². The molecule has 2 aromatic rings. The second-order valence-corrected chi connectivity index (χ2v) is 4.50. The van der Waals surface area contributed by atoms with Crippen LogP contribution in [0.2, 0.25) is 0 Å². The van der Waals surface area contributed by atoms with Gasteiger partial charge in [0.2, 0.25) is 5.91 Å². The SMILES string of the molecule is CN(Cc1ccccc1)c1ccc(NC(=O)CN)nc1. The quantitative estimate of drug-likeness (QED) is 0.866. The number of aromatic nitrogens is 1. The fourth-order valence-electron chi connectivity index (χ4n) is 1.83. The van der Waals surface area contributed by atoms with E-state index in [0.29, 0.717) is 5.82 Å². The van der Waals surface area contributed by atoms with Crippen molar-refractivity contribution in [2.75, 3.05) is 23.8 Å². The van der Waals surface area contributed by atoms with E-state index in [9.17, 15) is 4.79 Å². The number of anilines is 2. The highest BCUT2D eigenvalue weighted by molar-refractivity contribution is 5.91. The highest BCUT2D eigenvalue weighted by Crippen LogP contribution is 2.16. The van der Waals surface area contributed by atoms with Gasteiger partial charge in [-0.1, -0.05) is 30.3 Å². The number of nitrogens with two attached hydrogens (primary N) is 1. The Hall–Kier alpha value is -2.40. The number of nitrogens with zero attached hydrogens (tertiary/aromatic N) is 2. The summed E-state index contributed by atoms with van der Waals surface area (Å²) >= 11 is 0. The van der Waals surface area contributed by atoms with Crippen molar-refractivity contribution in [3.8, 4) is 0 Å². The maximum atomic E-state index is 11.2. The van der Waals surface area contributed by atoms with Crippen LogP contribution in [0.25, 0.3) is 0 Å². The second kappa shape index (κ2) is 6.68. The average molecular weight is 270 g/mol. The number of carbonyl (C=O) groups excluding carboxylic acids is 1. The van der Waals surface area contributed by atoms with Gasteiger partial charge < -0.3 is 16.0 Å². The maximum Gasteiger partial charge on any atom is 0.239 e. The monoisotopic (exact) mass is 270 g/mol. The lowest BCUT2D eigenvalue weighted by atomic mass is 10.2. The van der Waals surface area contributed by atoms with Gasteiger partial charge in [-0.15, -0.1) is 0 Å². The van der Waals surface area contributed by atoms with Crippen molar-refractivity contribution in [3.05, 3.63) is 54.2 Å². The maximum absolute atomic E-state index is 11.2. The first-order valence-electron chi connectivity index (χ1n) is 6.40. The predicted octanol–water partition coefficient (Wildman–Crippen LogP) is 1.62. The van der Waals surface area contributed by atoms with Crippen LogP contribution < -0.4 is 16.0 Å². The van der Waals surface area contributed by atoms with Gasteiger partial charge in [-0.25, -0.2) is 4.98 Å². The number of hydrogen-bond acceptors (Lipinski definition) is 4. The minimum absolute atomic E-state index is 0.0443. The fourth-order valence-corrected chi connectivity index (χ4v) is 1.83. The molecule has 2 rings (SSSR count). The molecule has 0 saturated carbocycles. The molecule has 20 heavy (non-hydrogen) atoms. The molecule has 1 amide bonds. The summed E-state index contributed by atoms with van der Waals surface area (Å²) in [6, 6.07) is 13.9. The topological polar surface area (TPSA) is 71.2 Å². The average Bonchev–Trinajstić information content (AvgIpc) is 2.49. The first-order chi connectivity index (χ1) is 9.69. The molecule has 0 unspecified atom stereocenters. The number of rotatable bonds is 5. The van der Waals surface area contributed by atoms with Crippen LogP contribution in [0.4, 0.5) is 11.5 Å². The Morgan fingerprint density at radius 3 is 2.60 bits per heavy atom. The lowest BCUT2D eigenvalue weighted by molar-refractivity contribution is -0.114. The van der Waals surface area contributed by atoms with Crippen LogP contribution in [0.15, 0.2) is 48.7 Å². The summed E-state index contributed by atoms with van der Waals surface area (Å²) in [5.41, 5.74) is 7.45. The van der Waals surface area contributed by atoms with E-state index in [0.717, 1.165) is 12.2 Å². The molecular formula is C15H18N4O. The number of pyridine rings is 1. The molecule has 1 heterocycles. The van der Waals surface area contributed by atoms with Crippen molar-refractivity contribution >= 4 is 17.4 Å². The lowest BCUT2D eigenvalue weighted by Crippen LogP contribution is -2.22. The third kappa shape index (κ3) is 3.80. The Kier molecular flexibility index (Phi) is 4.68. The van der Waals surface area contributed by atoms with E-state index < -0.39 is 0 Å². The van der Waals surface area contributed by atoms with E-state index in [2.05, 4.69) is 27.3 Å². The minimum Gasteiger partial charge on any atom is -0.369 e. The highest BCUT2D eigenvalue weighted by atomic mass is 16.1. The van der Waals surface area contributed by atoms with E-state index in [1.54, 1.807) is 12.3 Å². The molecule has 5 nitrogen and oxygen atoms in total. The van der Waals surface area contributed by atoms with Crippen molar-refractivity contribution in [1.29, 1.82) is 0 Å². The van der Waals surface area contributed by atoms with Crippen LogP contribution in [-0.2, 0) is 11.3 Å². The molecule has 5 heteroatoms. The van der Waals surface area contributed by atoms with E-state index >= 15 is 0 Å². The summed E-state index contributed by atoms with van der Waals surface area (Å²) in [5, 5.41) is 2.61. The second-order valence-electron chi connectivity index (χ2n) is 4.50. The third-order valence-electron chi connectivity index (χ3n) is 2.90. The van der Waals surface area contributed by atoms with Crippen LogP contribution in [0.3, 0.4) is 0 Å². The smallest absolute Gasteiger partial charge is 0.239 e. The van der Waals surface area contributed by atoms with Gasteiger partial charge in [-0.3, -0.25) is 4.79 Å². The summed E-state index contributed by atoms with van der Waals surface area (Å²) in [6.45, 7) is 0.758. The molecule has 1 aromatic heterocycles. The normalized spacial score (nSPS) is 10.1. The van der Waals surface area contributed by atoms with Gasteiger partial charge in [0, 0.05) is 13.6 Å². The molecule has 104 valence electrons. The zero-order chi connectivity index (χ0) is 14.4. The summed E-state index contributed by atoms with van der Waals surface area (Å²) in [5.74, 6) is 0.264. The predicted molar refractivity (Wildman–Crippen MR) is 80.5 cm³/mol. The molecule has 3 N–H and O–H groups in total. The first kappa shape index (κ1) is 14.0. The van der Waals surface area contributed by atoms with E-state index in [1.807, 2.05) is 31.3 Å². The van der Waals surface area contributed by atoms with E-state index in [1.165, 1.54) is 5.56 Å². The zero-order valence-electron chi connectivity index (χ0n) is 11.4. The Labute approximate surface area is 118 Å². The Balaban J connectivity index is 2.00. The van der Waals surface area contributed by atoms with Gasteiger partial charge in [-0.05, 0) is 17.7 Å². The van der Waals surface area contributed by atoms with Crippen molar-refractivity contribution < 1.29 is 4.79 Å². The zero-order valence-corrected chi connectivity index (χ0v) is 11.4. The summed E-state index contributed by atoms with van der Waals surface area (Å²) in [6.07, 6.45) is 1.73. The molecule has 0 aliphatic rings. The molecule has 0 radical (unpaired) electrons. The molecule has 0 bridgehead atoms. The lowest BCUT2D eigenvalue weighted by Gasteiger charge is -2.19. The van der Waals surface area contributed by atoms with Crippen molar-refractivity contribution in [2.24, 2.45) is 5.73 Å². The first-order valence-corrected chi connectivity index (χ1v) is 6.40. The van der Waals surface area contributed by atoms with Crippen molar-refractivity contribution in [3.63, 3.8) is 0 Å². The van der Waals surface area contributed by atoms with Crippen LogP contribution in [0.5, 0.6) is 0 Å². The Morgan fingerprint density at radius 2 is 2.00 bits per heavy atom. The summed E-state index contributed by atoms with van der Waals surface area (Å²) < 4.78 is 0. The molecule has 0 spiro atoms. The molecule has 0 saturated heterocycles. The van der Waals surface area contributed by atoms with Crippen molar-refractivity contribution in [2.45, 2.75) is 6.54 Å². The molecule has 1 aromatic carbocycles. The molecule has 0 atom stereocenters. The Morgan fingerprint density at radius 1 is 1.25 bits per heavy atom. The number of carbonyl (C=O) groups is 1. The van der Waals surface area contributed by atoms with Gasteiger partial charge >= 0.3 is 0 Å². The summed E-state index contributed by atoms with van der Waals surface area (Å²) in [7, 11) is 2.00. The van der Waals surface area contributed by atoms with Gasteiger partial charge in [-0.2, -0.15) is 0 Å². The van der Waals surface area contributed by atoms with Crippen LogP contribution in [-0.4, -0.2) is 24.5 Å². The standard InChI is InChI=1S/C15H18N4O/c1-19(11-12-5-3-2-4-6-12)13-7-8-14(17-10-13)18-15(20)9-16/h2-8,10H,9,11,16H2,1H3,(H,17,18,20). The highest BCUT2D eigenvalue weighted by Gasteiger charge is 2.04. The van der Waals surface area contributed by atoms with Crippen LogP contribution in [0, 0.1) is 0 Å². The number of benzene rings is 1. The van der Waals surface area contributed by atoms with Gasteiger partial charge in [0.05, 0.1) is 18.4 Å². The molecular weight excluding hydrogens is 252 g/mol. The van der Waals surface area contributed by atoms with Crippen LogP contribution >= 0.6 is 0 Å². The third-order valence-corrected chi connectivity index (χ3v) is 2.90. The Bertz CT molecular complexity index is 554. The molecule has 0 aliphatic heterocycles. The van der Waals surface area contributed by atoms with E-state index in [4.69, 9.17) is 5.73 Å². The molecule has 0 fully saturated rings. The molecule has 0 aliphatic carbocycles. The van der Waals surface area contributed by atoms with E-state index in [-0.39, 0.29) is 12.5 Å². The largest absolute Gasteiger partial charge is 0.369 e.